The van der Waals surface area contributed by atoms with Crippen molar-refractivity contribution in [1.29, 1.82) is 0 Å². The maximum atomic E-state index is 2.40. The van der Waals surface area contributed by atoms with E-state index in [1.54, 1.807) is 0 Å². The Morgan fingerprint density at radius 1 is 0.333 bits per heavy atom. The second kappa shape index (κ2) is 11.1. The summed E-state index contributed by atoms with van der Waals surface area (Å²) in [5.41, 5.74) is 13.8. The number of hydrogen-bond acceptors (Lipinski definition) is 1. The van der Waals surface area contributed by atoms with Crippen LogP contribution in [-0.2, 0) is 5.41 Å². The first-order valence-corrected chi connectivity index (χ1v) is 16.8. The molecular formula is C47H35N. The normalized spacial score (nSPS) is 13.0. The standard InChI is InChI=1S/C47H35N/c1-47(2)45-27-22-39(30-43(45)44-29-36-12-8-9-13-37(36)31-46(44)47)34-20-25-42(26-21-34)48(40-14-4-3-5-15-40)41-23-18-33(19-24-41)38-17-16-32-10-6-7-11-35(32)28-38/h3-31H,1-2H3. The fourth-order valence-electron chi connectivity index (χ4n) is 7.62. The molecule has 0 atom stereocenters. The average Bonchev–Trinajstić information content (AvgIpc) is 3.36. The predicted molar refractivity (Wildman–Crippen MR) is 205 cm³/mol. The Morgan fingerprint density at radius 2 is 0.792 bits per heavy atom. The molecule has 0 aliphatic heterocycles. The Bertz CT molecular complexity index is 2450. The SMILES string of the molecule is CC1(C)c2ccc(-c3ccc(N(c4ccccc4)c4ccc(-c5ccc6ccccc6c5)cc4)cc3)cc2-c2cc3ccccc3cc21. The summed E-state index contributed by atoms with van der Waals surface area (Å²) in [5, 5.41) is 5.12. The van der Waals surface area contributed by atoms with E-state index in [9.17, 15) is 0 Å². The Labute approximate surface area is 282 Å². The van der Waals surface area contributed by atoms with E-state index in [0.717, 1.165) is 17.1 Å². The van der Waals surface area contributed by atoms with Crippen LogP contribution in [0.5, 0.6) is 0 Å². The molecule has 1 aliphatic carbocycles. The van der Waals surface area contributed by atoms with Crippen LogP contribution >= 0.6 is 0 Å². The third-order valence-electron chi connectivity index (χ3n) is 10.2. The van der Waals surface area contributed by atoms with Crippen molar-refractivity contribution >= 4 is 38.6 Å². The fraction of sp³-hybridized carbons (Fsp3) is 0.0638. The first-order chi connectivity index (χ1) is 23.5. The fourth-order valence-corrected chi connectivity index (χ4v) is 7.62. The minimum Gasteiger partial charge on any atom is -0.311 e. The predicted octanol–water partition coefficient (Wildman–Crippen LogP) is 13.1. The minimum absolute atomic E-state index is 0.0306. The van der Waals surface area contributed by atoms with Gasteiger partial charge in [0.05, 0.1) is 0 Å². The number of anilines is 3. The van der Waals surface area contributed by atoms with Gasteiger partial charge in [-0.3, -0.25) is 0 Å². The summed E-state index contributed by atoms with van der Waals surface area (Å²) in [6.45, 7) is 4.71. The van der Waals surface area contributed by atoms with Crippen molar-refractivity contribution in [2.75, 3.05) is 4.90 Å². The lowest BCUT2D eigenvalue weighted by Gasteiger charge is -2.26. The lowest BCUT2D eigenvalue weighted by Crippen LogP contribution is -2.14. The van der Waals surface area contributed by atoms with Crippen LogP contribution in [0.2, 0.25) is 0 Å². The molecule has 0 fully saturated rings. The first-order valence-electron chi connectivity index (χ1n) is 16.8. The smallest absolute Gasteiger partial charge is 0.0462 e. The molecule has 0 radical (unpaired) electrons. The van der Waals surface area contributed by atoms with Gasteiger partial charge in [-0.25, -0.2) is 0 Å². The van der Waals surface area contributed by atoms with E-state index in [0.29, 0.717) is 0 Å². The molecule has 0 saturated carbocycles. The Hall–Kier alpha value is -5.92. The van der Waals surface area contributed by atoms with Gasteiger partial charge in [-0.1, -0.05) is 129 Å². The van der Waals surface area contributed by atoms with Gasteiger partial charge in [0.2, 0.25) is 0 Å². The summed E-state index contributed by atoms with van der Waals surface area (Å²) in [7, 11) is 0. The molecule has 1 aliphatic rings. The van der Waals surface area contributed by atoms with Gasteiger partial charge in [-0.2, -0.15) is 0 Å². The third-order valence-corrected chi connectivity index (χ3v) is 10.2. The highest BCUT2D eigenvalue weighted by molar-refractivity contribution is 5.95. The molecule has 9 rings (SSSR count). The number of fused-ring (bicyclic) bond motifs is 5. The van der Waals surface area contributed by atoms with E-state index in [1.807, 2.05) is 0 Å². The van der Waals surface area contributed by atoms with Crippen molar-refractivity contribution in [1.82, 2.24) is 0 Å². The lowest BCUT2D eigenvalue weighted by molar-refractivity contribution is 0.661. The summed E-state index contributed by atoms with van der Waals surface area (Å²) in [6.07, 6.45) is 0. The van der Waals surface area contributed by atoms with E-state index >= 15 is 0 Å². The third kappa shape index (κ3) is 4.70. The van der Waals surface area contributed by atoms with Crippen LogP contribution in [0.3, 0.4) is 0 Å². The number of hydrogen-bond donors (Lipinski definition) is 0. The topological polar surface area (TPSA) is 3.24 Å². The lowest BCUT2D eigenvalue weighted by atomic mass is 9.81. The summed E-state index contributed by atoms with van der Waals surface area (Å²) in [5.74, 6) is 0. The van der Waals surface area contributed by atoms with Crippen molar-refractivity contribution in [2.24, 2.45) is 0 Å². The van der Waals surface area contributed by atoms with Gasteiger partial charge in [0.25, 0.3) is 0 Å². The molecule has 0 N–H and O–H groups in total. The molecule has 0 amide bonds. The molecule has 8 aromatic carbocycles. The maximum absolute atomic E-state index is 2.40. The van der Waals surface area contributed by atoms with Gasteiger partial charge in [0, 0.05) is 22.5 Å². The van der Waals surface area contributed by atoms with Crippen LogP contribution in [0.1, 0.15) is 25.0 Å². The van der Waals surface area contributed by atoms with Gasteiger partial charge in [-0.15, -0.1) is 0 Å². The molecular weight excluding hydrogens is 579 g/mol. The molecule has 0 bridgehead atoms. The highest BCUT2D eigenvalue weighted by Crippen LogP contribution is 2.51. The second-order valence-corrected chi connectivity index (χ2v) is 13.5. The number of nitrogens with zero attached hydrogens (tertiary/aromatic N) is 1. The van der Waals surface area contributed by atoms with Gasteiger partial charge >= 0.3 is 0 Å². The van der Waals surface area contributed by atoms with Crippen LogP contribution < -0.4 is 4.90 Å². The highest BCUT2D eigenvalue weighted by atomic mass is 15.1. The van der Waals surface area contributed by atoms with E-state index in [2.05, 4.69) is 195 Å². The van der Waals surface area contributed by atoms with Gasteiger partial charge in [0.15, 0.2) is 0 Å². The molecule has 0 unspecified atom stereocenters. The molecule has 0 heterocycles. The zero-order valence-corrected chi connectivity index (χ0v) is 27.2. The van der Waals surface area contributed by atoms with E-state index < -0.39 is 0 Å². The summed E-state index contributed by atoms with van der Waals surface area (Å²) in [4.78, 5) is 2.33. The Balaban J connectivity index is 1.07. The molecule has 228 valence electrons. The molecule has 0 saturated heterocycles. The monoisotopic (exact) mass is 613 g/mol. The van der Waals surface area contributed by atoms with Gasteiger partial charge in [-0.05, 0) is 127 Å². The zero-order valence-electron chi connectivity index (χ0n) is 27.2. The molecule has 0 spiro atoms. The van der Waals surface area contributed by atoms with E-state index in [1.165, 1.54) is 66.1 Å². The Kier molecular flexibility index (Phi) is 6.55. The van der Waals surface area contributed by atoms with Gasteiger partial charge < -0.3 is 4.90 Å². The van der Waals surface area contributed by atoms with Crippen LogP contribution in [0.4, 0.5) is 17.1 Å². The summed E-state index contributed by atoms with van der Waals surface area (Å²) in [6, 6.07) is 64.3. The Morgan fingerprint density at radius 3 is 1.44 bits per heavy atom. The van der Waals surface area contributed by atoms with E-state index in [4.69, 9.17) is 0 Å². The van der Waals surface area contributed by atoms with Crippen molar-refractivity contribution < 1.29 is 0 Å². The summed E-state index contributed by atoms with van der Waals surface area (Å²) >= 11 is 0. The largest absolute Gasteiger partial charge is 0.311 e. The van der Waals surface area contributed by atoms with Crippen molar-refractivity contribution in [2.45, 2.75) is 19.3 Å². The molecule has 1 heteroatoms. The number of para-hydroxylation sites is 1. The maximum Gasteiger partial charge on any atom is 0.0462 e. The van der Waals surface area contributed by atoms with Crippen LogP contribution in [0, 0.1) is 0 Å². The van der Waals surface area contributed by atoms with Gasteiger partial charge in [0.1, 0.15) is 0 Å². The number of benzene rings is 8. The van der Waals surface area contributed by atoms with Crippen LogP contribution in [-0.4, -0.2) is 0 Å². The molecule has 1 nitrogen and oxygen atoms in total. The zero-order chi connectivity index (χ0) is 32.2. The second-order valence-electron chi connectivity index (χ2n) is 13.5. The average molecular weight is 614 g/mol. The van der Waals surface area contributed by atoms with Crippen molar-refractivity contribution in [3.63, 3.8) is 0 Å². The molecule has 48 heavy (non-hydrogen) atoms. The van der Waals surface area contributed by atoms with Crippen LogP contribution in [0.15, 0.2) is 176 Å². The number of rotatable bonds is 5. The molecule has 0 aromatic heterocycles. The van der Waals surface area contributed by atoms with Crippen molar-refractivity contribution in [3.05, 3.63) is 187 Å². The highest BCUT2D eigenvalue weighted by Gasteiger charge is 2.35. The van der Waals surface area contributed by atoms with Crippen molar-refractivity contribution in [3.8, 4) is 33.4 Å². The minimum atomic E-state index is -0.0306. The van der Waals surface area contributed by atoms with E-state index in [-0.39, 0.29) is 5.41 Å². The molecule has 8 aromatic rings. The first kappa shape index (κ1) is 28.3. The quantitative estimate of drug-likeness (QED) is 0.187. The summed E-state index contributed by atoms with van der Waals surface area (Å²) < 4.78 is 0. The van der Waals surface area contributed by atoms with Crippen LogP contribution in [0.25, 0.3) is 54.9 Å².